The summed E-state index contributed by atoms with van der Waals surface area (Å²) in [4.78, 5) is 4.98. The van der Waals surface area contributed by atoms with E-state index >= 15 is 0 Å². The zero-order valence-corrected chi connectivity index (χ0v) is 14.9. The summed E-state index contributed by atoms with van der Waals surface area (Å²) in [6.45, 7) is 7.16. The van der Waals surface area contributed by atoms with Crippen molar-refractivity contribution in [2.24, 2.45) is 0 Å². The second kappa shape index (κ2) is 6.79. The average molecular weight is 330 g/mol. The molecular weight excluding hydrogens is 304 g/mol. The first-order valence-electron chi connectivity index (χ1n) is 9.29. The van der Waals surface area contributed by atoms with Gasteiger partial charge in [-0.15, -0.1) is 6.58 Å². The molecule has 25 heavy (non-hydrogen) atoms. The highest BCUT2D eigenvalue weighted by atomic mass is 15.4. The molecule has 4 rings (SSSR count). The van der Waals surface area contributed by atoms with Crippen LogP contribution in [0.2, 0.25) is 0 Å². The number of allylic oxidation sites excluding steroid dienone is 6. The minimum absolute atomic E-state index is 0.343. The topological polar surface area (TPSA) is 6.48 Å². The average Bonchev–Trinajstić information content (AvgIpc) is 2.95. The lowest BCUT2D eigenvalue weighted by atomic mass is 9.91. The van der Waals surface area contributed by atoms with Crippen LogP contribution in [0.1, 0.15) is 37.7 Å². The molecule has 2 aliphatic carbocycles. The van der Waals surface area contributed by atoms with Gasteiger partial charge >= 0.3 is 0 Å². The fourth-order valence-corrected chi connectivity index (χ4v) is 4.21. The van der Waals surface area contributed by atoms with E-state index < -0.39 is 0 Å². The lowest BCUT2D eigenvalue weighted by molar-refractivity contribution is 0.201. The van der Waals surface area contributed by atoms with Crippen molar-refractivity contribution >= 4 is 0 Å². The molecule has 1 aromatic rings. The molecule has 0 saturated heterocycles. The number of hydrogen-bond donors (Lipinski definition) is 0. The van der Waals surface area contributed by atoms with Crippen LogP contribution < -0.4 is 0 Å². The third-order valence-electron chi connectivity index (χ3n) is 5.46. The van der Waals surface area contributed by atoms with Gasteiger partial charge in [-0.1, -0.05) is 54.6 Å². The van der Waals surface area contributed by atoms with Crippen molar-refractivity contribution in [2.45, 2.75) is 38.3 Å². The third kappa shape index (κ3) is 2.86. The highest BCUT2D eigenvalue weighted by molar-refractivity contribution is 5.41. The molecule has 0 fully saturated rings. The molecule has 0 N–H and O–H groups in total. The summed E-state index contributed by atoms with van der Waals surface area (Å²) >= 11 is 0. The minimum atomic E-state index is 0.343. The summed E-state index contributed by atoms with van der Waals surface area (Å²) in [5.41, 5.74) is 5.56. The Morgan fingerprint density at radius 2 is 2.04 bits per heavy atom. The van der Waals surface area contributed by atoms with Crippen LogP contribution in [-0.4, -0.2) is 22.5 Å². The fraction of sp³-hybridized carbons (Fsp3) is 0.304. The molecule has 0 aromatic heterocycles. The Hall–Kier alpha value is -2.48. The van der Waals surface area contributed by atoms with Gasteiger partial charge in [0.2, 0.25) is 0 Å². The van der Waals surface area contributed by atoms with Gasteiger partial charge in [0, 0.05) is 23.9 Å². The van der Waals surface area contributed by atoms with Crippen LogP contribution in [0.3, 0.4) is 0 Å². The summed E-state index contributed by atoms with van der Waals surface area (Å²) in [5.74, 6) is 0.488. The van der Waals surface area contributed by atoms with E-state index in [0.29, 0.717) is 12.1 Å². The predicted octanol–water partition coefficient (Wildman–Crippen LogP) is 5.33. The number of nitrogens with zero attached hydrogens (tertiary/aromatic N) is 2. The Morgan fingerprint density at radius 3 is 2.76 bits per heavy atom. The van der Waals surface area contributed by atoms with Crippen molar-refractivity contribution in [3.05, 3.63) is 96.0 Å². The van der Waals surface area contributed by atoms with Crippen molar-refractivity contribution in [2.75, 3.05) is 6.54 Å². The van der Waals surface area contributed by atoms with E-state index in [9.17, 15) is 0 Å². The van der Waals surface area contributed by atoms with Gasteiger partial charge in [-0.05, 0) is 43.9 Å². The zero-order valence-electron chi connectivity index (χ0n) is 14.9. The monoisotopic (exact) mass is 330 g/mol. The number of benzene rings is 1. The second-order valence-electron chi connectivity index (χ2n) is 6.96. The van der Waals surface area contributed by atoms with Crippen LogP contribution in [0, 0.1) is 0 Å². The molecule has 2 atom stereocenters. The highest BCUT2D eigenvalue weighted by Gasteiger charge is 2.35. The molecule has 1 aliphatic heterocycles. The summed E-state index contributed by atoms with van der Waals surface area (Å²) in [7, 11) is 0. The minimum Gasteiger partial charge on any atom is -0.349 e. The fourth-order valence-electron chi connectivity index (χ4n) is 4.21. The Kier molecular flexibility index (Phi) is 4.35. The first-order valence-corrected chi connectivity index (χ1v) is 9.29. The van der Waals surface area contributed by atoms with Crippen LogP contribution in [0.5, 0.6) is 0 Å². The summed E-state index contributed by atoms with van der Waals surface area (Å²) in [6.07, 6.45) is 17.4. The van der Waals surface area contributed by atoms with Gasteiger partial charge < -0.3 is 9.80 Å². The smallest absolute Gasteiger partial charge is 0.104 e. The van der Waals surface area contributed by atoms with Crippen molar-refractivity contribution in [3.63, 3.8) is 0 Å². The molecule has 2 nitrogen and oxygen atoms in total. The molecule has 1 aromatic carbocycles. The van der Waals surface area contributed by atoms with Crippen molar-refractivity contribution in [3.8, 4) is 0 Å². The normalized spacial score (nSPS) is 25.2. The van der Waals surface area contributed by atoms with Gasteiger partial charge in [0.25, 0.3) is 0 Å². The van der Waals surface area contributed by atoms with Gasteiger partial charge in [-0.2, -0.15) is 0 Å². The zero-order chi connectivity index (χ0) is 17.2. The van der Waals surface area contributed by atoms with Crippen molar-refractivity contribution in [1.29, 1.82) is 0 Å². The summed E-state index contributed by atoms with van der Waals surface area (Å²) in [6, 6.07) is 10.8. The molecule has 0 saturated carbocycles. The lowest BCUT2D eigenvalue weighted by Gasteiger charge is -2.33. The predicted molar refractivity (Wildman–Crippen MR) is 105 cm³/mol. The molecule has 0 bridgehead atoms. The highest BCUT2D eigenvalue weighted by Crippen LogP contribution is 2.40. The van der Waals surface area contributed by atoms with Crippen LogP contribution >= 0.6 is 0 Å². The molecular formula is C23H26N2. The van der Waals surface area contributed by atoms with Crippen LogP contribution in [0.15, 0.2) is 90.5 Å². The molecule has 1 heterocycles. The van der Waals surface area contributed by atoms with Gasteiger partial charge in [0.1, 0.15) is 6.17 Å². The molecule has 0 amide bonds. The maximum absolute atomic E-state index is 3.95. The van der Waals surface area contributed by atoms with E-state index in [0.717, 1.165) is 25.8 Å². The Morgan fingerprint density at radius 1 is 1.20 bits per heavy atom. The van der Waals surface area contributed by atoms with E-state index in [1.165, 1.54) is 22.7 Å². The SMILES string of the molecule is C=CCN1C2=C(C=CCC2)N(C2=CCC(c3ccccc3)C=C2)C1C. The number of hydrogen-bond acceptors (Lipinski definition) is 2. The molecule has 2 heteroatoms. The third-order valence-corrected chi connectivity index (χ3v) is 5.46. The van der Waals surface area contributed by atoms with Crippen LogP contribution in [0.25, 0.3) is 0 Å². The maximum Gasteiger partial charge on any atom is 0.104 e. The summed E-state index contributed by atoms with van der Waals surface area (Å²) < 4.78 is 0. The first kappa shape index (κ1) is 16.0. The van der Waals surface area contributed by atoms with E-state index in [-0.39, 0.29) is 0 Å². The second-order valence-corrected chi connectivity index (χ2v) is 6.96. The molecule has 0 radical (unpaired) electrons. The lowest BCUT2D eigenvalue weighted by Crippen LogP contribution is -2.37. The quantitative estimate of drug-likeness (QED) is 0.689. The van der Waals surface area contributed by atoms with Crippen LogP contribution in [-0.2, 0) is 0 Å². The van der Waals surface area contributed by atoms with Crippen molar-refractivity contribution in [1.82, 2.24) is 9.80 Å². The van der Waals surface area contributed by atoms with E-state index in [1.54, 1.807) is 0 Å². The largest absolute Gasteiger partial charge is 0.349 e. The molecule has 128 valence electrons. The molecule has 0 spiro atoms. The van der Waals surface area contributed by atoms with E-state index in [1.807, 2.05) is 6.08 Å². The van der Waals surface area contributed by atoms with Gasteiger partial charge in [-0.25, -0.2) is 0 Å². The molecule has 2 unspecified atom stereocenters. The van der Waals surface area contributed by atoms with E-state index in [4.69, 9.17) is 0 Å². The van der Waals surface area contributed by atoms with Gasteiger partial charge in [-0.3, -0.25) is 0 Å². The maximum atomic E-state index is 3.95. The Balaban J connectivity index is 1.59. The molecule has 3 aliphatic rings. The number of rotatable bonds is 4. The standard InChI is InChI=1S/C23H26N2/c1-3-17-24-18(2)25(23-12-8-7-11-22(23)24)21-15-13-20(14-16-21)19-9-5-4-6-10-19/h3-6,8-10,12-13,15-16,18,20H,1,7,11,14,17H2,2H3. The van der Waals surface area contributed by atoms with E-state index in [2.05, 4.69) is 84.0 Å². The van der Waals surface area contributed by atoms with Crippen LogP contribution in [0.4, 0.5) is 0 Å². The van der Waals surface area contributed by atoms with Gasteiger partial charge in [0.05, 0.1) is 5.70 Å². The Labute approximate surface area is 151 Å². The summed E-state index contributed by atoms with van der Waals surface area (Å²) in [5, 5.41) is 0. The van der Waals surface area contributed by atoms with Crippen molar-refractivity contribution < 1.29 is 0 Å². The van der Waals surface area contributed by atoms with Gasteiger partial charge in [0.15, 0.2) is 0 Å². The first-order chi connectivity index (χ1) is 12.3. The Bertz CT molecular complexity index is 767.